The fourth-order valence-corrected chi connectivity index (χ4v) is 4.49. The van der Waals surface area contributed by atoms with Crippen LogP contribution in [0.1, 0.15) is 23.9 Å². The Morgan fingerprint density at radius 1 is 1.16 bits per heavy atom. The van der Waals surface area contributed by atoms with Crippen molar-refractivity contribution in [2.24, 2.45) is 4.99 Å². The van der Waals surface area contributed by atoms with Gasteiger partial charge in [0.05, 0.1) is 17.2 Å². The Morgan fingerprint density at radius 2 is 1.94 bits per heavy atom. The molecule has 1 amide bonds. The van der Waals surface area contributed by atoms with E-state index in [2.05, 4.69) is 20.9 Å². The molecule has 4 rings (SSSR count). The van der Waals surface area contributed by atoms with Gasteiger partial charge in [0.15, 0.2) is 5.17 Å². The van der Waals surface area contributed by atoms with Crippen LogP contribution in [0.3, 0.4) is 0 Å². The van der Waals surface area contributed by atoms with Crippen molar-refractivity contribution in [3.8, 4) is 11.4 Å². The summed E-state index contributed by atoms with van der Waals surface area (Å²) in [6.07, 6.45) is 1.91. The molecule has 0 aliphatic carbocycles. The molecule has 0 radical (unpaired) electrons. The third kappa shape index (κ3) is 4.70. The summed E-state index contributed by atoms with van der Waals surface area (Å²) in [7, 11) is 0. The highest BCUT2D eigenvalue weighted by Crippen LogP contribution is 2.31. The molecule has 0 saturated carbocycles. The summed E-state index contributed by atoms with van der Waals surface area (Å²) >= 11 is 7.50. The second-order valence-electron chi connectivity index (χ2n) is 7.05. The molecule has 7 heteroatoms. The molecule has 1 aliphatic rings. The number of hydrogen-bond acceptors (Lipinski definition) is 4. The van der Waals surface area contributed by atoms with Gasteiger partial charge in [-0.05, 0) is 92.7 Å². The number of nitrogens with one attached hydrogen (secondary N) is 1. The number of hydrogen-bond donors (Lipinski definition) is 1. The fraction of sp³-hybridized carbons (Fsp3) is 0.167. The van der Waals surface area contributed by atoms with Gasteiger partial charge in [-0.3, -0.25) is 4.79 Å². The summed E-state index contributed by atoms with van der Waals surface area (Å²) in [5.41, 5.74) is 4.84. The summed E-state index contributed by atoms with van der Waals surface area (Å²) in [5, 5.41) is 4.09. The van der Waals surface area contributed by atoms with Gasteiger partial charge in [-0.15, -0.1) is 0 Å². The van der Waals surface area contributed by atoms with E-state index in [-0.39, 0.29) is 5.91 Å². The van der Waals surface area contributed by atoms with Crippen LogP contribution in [-0.4, -0.2) is 22.2 Å². The van der Waals surface area contributed by atoms with E-state index in [1.54, 1.807) is 0 Å². The van der Waals surface area contributed by atoms with Crippen molar-refractivity contribution in [3.63, 3.8) is 0 Å². The number of nitrogens with zero attached hydrogens (tertiary/aromatic N) is 2. The molecule has 5 nitrogen and oxygen atoms in total. The zero-order chi connectivity index (χ0) is 22.0. The number of aliphatic imine (C=N–C) groups is 1. The molecule has 1 saturated heterocycles. The number of amidine groups is 1. The Morgan fingerprint density at radius 3 is 2.65 bits per heavy atom. The molecule has 158 valence electrons. The van der Waals surface area contributed by atoms with Crippen molar-refractivity contribution in [2.45, 2.75) is 20.8 Å². The lowest BCUT2D eigenvalue weighted by molar-refractivity contribution is -0.115. The number of benzene rings is 2. The topological polar surface area (TPSA) is 55.6 Å². The second-order valence-corrected chi connectivity index (χ2v) is 8.52. The molecule has 1 aliphatic heterocycles. The Labute approximate surface area is 190 Å². The largest absolute Gasteiger partial charge is 0.494 e. The summed E-state index contributed by atoms with van der Waals surface area (Å²) in [6.45, 7) is 6.63. The first kappa shape index (κ1) is 21.3. The molecule has 3 aromatic rings. The van der Waals surface area contributed by atoms with Crippen LogP contribution < -0.4 is 10.1 Å². The molecule has 0 bridgehead atoms. The van der Waals surface area contributed by atoms with Crippen LogP contribution in [0.4, 0.5) is 5.69 Å². The third-order valence-electron chi connectivity index (χ3n) is 4.85. The zero-order valence-electron chi connectivity index (χ0n) is 17.5. The third-order valence-corrected chi connectivity index (χ3v) is 6.00. The quantitative estimate of drug-likeness (QED) is 0.481. The van der Waals surface area contributed by atoms with Gasteiger partial charge in [0.25, 0.3) is 5.91 Å². The summed E-state index contributed by atoms with van der Waals surface area (Å²) in [4.78, 5) is 17.7. The predicted molar refractivity (Wildman–Crippen MR) is 129 cm³/mol. The average Bonchev–Trinajstić information content (AvgIpc) is 3.22. The highest BCUT2D eigenvalue weighted by Gasteiger charge is 2.24. The Bertz CT molecular complexity index is 1200. The van der Waals surface area contributed by atoms with Gasteiger partial charge in [-0.25, -0.2) is 4.99 Å². The predicted octanol–water partition coefficient (Wildman–Crippen LogP) is 6.04. The van der Waals surface area contributed by atoms with Crippen LogP contribution in [0.2, 0.25) is 5.02 Å². The Hall–Kier alpha value is -2.96. The molecule has 1 fully saturated rings. The van der Waals surface area contributed by atoms with Crippen molar-refractivity contribution in [3.05, 3.63) is 81.5 Å². The number of carbonyl (C=O) groups is 1. The van der Waals surface area contributed by atoms with E-state index in [4.69, 9.17) is 16.3 Å². The zero-order valence-corrected chi connectivity index (χ0v) is 19.1. The van der Waals surface area contributed by atoms with Gasteiger partial charge in [-0.1, -0.05) is 17.7 Å². The molecule has 2 heterocycles. The first-order chi connectivity index (χ1) is 14.9. The summed E-state index contributed by atoms with van der Waals surface area (Å²) in [6, 6.07) is 17.3. The molecular formula is C24H22ClN3O2S. The molecule has 1 N–H and O–H groups in total. The highest BCUT2D eigenvalue weighted by atomic mass is 35.5. The van der Waals surface area contributed by atoms with E-state index in [0.717, 1.165) is 34.1 Å². The monoisotopic (exact) mass is 451 g/mol. The van der Waals surface area contributed by atoms with Crippen molar-refractivity contribution < 1.29 is 9.53 Å². The summed E-state index contributed by atoms with van der Waals surface area (Å²) in [5.74, 6) is 0.646. The van der Waals surface area contributed by atoms with Crippen LogP contribution in [0.15, 0.2) is 64.5 Å². The van der Waals surface area contributed by atoms with Gasteiger partial charge < -0.3 is 14.6 Å². The van der Waals surface area contributed by atoms with E-state index in [0.29, 0.717) is 21.7 Å². The maximum atomic E-state index is 12.5. The lowest BCUT2D eigenvalue weighted by atomic mass is 10.2. The van der Waals surface area contributed by atoms with Crippen molar-refractivity contribution in [2.75, 3.05) is 6.61 Å². The van der Waals surface area contributed by atoms with Gasteiger partial charge in [-0.2, -0.15) is 0 Å². The van der Waals surface area contributed by atoms with Crippen LogP contribution >= 0.6 is 23.4 Å². The van der Waals surface area contributed by atoms with E-state index >= 15 is 0 Å². The van der Waals surface area contributed by atoms with Gasteiger partial charge in [0.1, 0.15) is 5.75 Å². The number of aryl methyl sites for hydroxylation is 1. The fourth-order valence-electron chi connectivity index (χ4n) is 3.47. The Balaban J connectivity index is 1.58. The Kier molecular flexibility index (Phi) is 6.20. The minimum absolute atomic E-state index is 0.151. The van der Waals surface area contributed by atoms with Crippen LogP contribution in [0.25, 0.3) is 11.8 Å². The number of carbonyl (C=O) groups excluding carboxylic acids is 1. The van der Waals surface area contributed by atoms with Crippen LogP contribution in [-0.2, 0) is 4.79 Å². The normalized spacial score (nSPS) is 16.2. The highest BCUT2D eigenvalue weighted by molar-refractivity contribution is 8.18. The first-order valence-corrected chi connectivity index (χ1v) is 11.1. The lowest BCUT2D eigenvalue weighted by Crippen LogP contribution is -2.19. The second kappa shape index (κ2) is 9.04. The lowest BCUT2D eigenvalue weighted by Gasteiger charge is -2.09. The maximum Gasteiger partial charge on any atom is 0.264 e. The molecule has 0 unspecified atom stereocenters. The van der Waals surface area contributed by atoms with Crippen molar-refractivity contribution in [1.82, 2.24) is 9.88 Å². The number of rotatable bonds is 5. The van der Waals surface area contributed by atoms with Gasteiger partial charge >= 0.3 is 0 Å². The smallest absolute Gasteiger partial charge is 0.264 e. The first-order valence-electron chi connectivity index (χ1n) is 9.92. The molecule has 0 spiro atoms. The summed E-state index contributed by atoms with van der Waals surface area (Å²) < 4.78 is 7.58. The number of aromatic nitrogens is 1. The SMILES string of the molecule is CCOc1ccc(N=C2NC(=O)/C(=C/c3cc(C)n(-c4cccc(Cl)c4)c3C)S2)cc1. The molecule has 1 aromatic heterocycles. The van der Waals surface area contributed by atoms with Crippen LogP contribution in [0, 0.1) is 13.8 Å². The number of thioether (sulfide) groups is 1. The minimum Gasteiger partial charge on any atom is -0.494 e. The number of halogens is 1. The number of amides is 1. The molecular weight excluding hydrogens is 430 g/mol. The number of ether oxygens (including phenoxy) is 1. The van der Waals surface area contributed by atoms with E-state index in [1.807, 2.05) is 75.4 Å². The van der Waals surface area contributed by atoms with E-state index < -0.39 is 0 Å². The van der Waals surface area contributed by atoms with E-state index in [1.165, 1.54) is 11.8 Å². The van der Waals surface area contributed by atoms with Crippen molar-refractivity contribution in [1.29, 1.82) is 0 Å². The minimum atomic E-state index is -0.151. The standard InChI is InChI=1S/C24H22ClN3O2S/c1-4-30-21-10-8-19(9-11-21)26-24-27-23(29)22(31-24)13-17-12-15(2)28(16(17)3)20-7-5-6-18(25)14-20/h5-14H,4H2,1-3H3,(H,26,27,29)/b22-13-. The maximum absolute atomic E-state index is 12.5. The molecule has 0 atom stereocenters. The molecule has 31 heavy (non-hydrogen) atoms. The molecule has 2 aromatic carbocycles. The van der Waals surface area contributed by atoms with Crippen molar-refractivity contribution >= 4 is 46.2 Å². The van der Waals surface area contributed by atoms with Crippen LogP contribution in [0.5, 0.6) is 5.75 Å². The van der Waals surface area contributed by atoms with E-state index in [9.17, 15) is 4.79 Å². The average molecular weight is 452 g/mol. The van der Waals surface area contributed by atoms with Gasteiger partial charge in [0, 0.05) is 22.1 Å². The van der Waals surface area contributed by atoms with Gasteiger partial charge in [0.2, 0.25) is 0 Å².